The lowest BCUT2D eigenvalue weighted by atomic mass is 9.80. The fraction of sp³-hybridized carbons (Fsp3) is 0.333. The highest BCUT2D eigenvalue weighted by Gasteiger charge is 2.31. The van der Waals surface area contributed by atoms with E-state index in [0.717, 1.165) is 11.3 Å². The van der Waals surface area contributed by atoms with Gasteiger partial charge in [0.25, 0.3) is 5.91 Å². The van der Waals surface area contributed by atoms with Crippen LogP contribution in [0.1, 0.15) is 30.6 Å². The molecule has 138 valence electrons. The summed E-state index contributed by atoms with van der Waals surface area (Å²) in [5, 5.41) is 2.73. The molecule has 1 heterocycles. The number of carbonyl (C=O) groups is 1. The van der Waals surface area contributed by atoms with E-state index in [4.69, 9.17) is 0 Å². The van der Waals surface area contributed by atoms with Crippen LogP contribution in [0.3, 0.4) is 0 Å². The highest BCUT2D eigenvalue weighted by Crippen LogP contribution is 2.39. The number of carbonyl (C=O) groups excluding carboxylic acids is 1. The van der Waals surface area contributed by atoms with Crippen molar-refractivity contribution in [2.45, 2.75) is 32.0 Å². The van der Waals surface area contributed by atoms with Crippen LogP contribution in [0.25, 0.3) is 0 Å². The van der Waals surface area contributed by atoms with Crippen molar-refractivity contribution in [2.75, 3.05) is 5.32 Å². The van der Waals surface area contributed by atoms with Crippen LogP contribution in [0, 0.1) is 5.92 Å². The predicted molar refractivity (Wildman–Crippen MR) is 93.1 cm³/mol. The van der Waals surface area contributed by atoms with Gasteiger partial charge in [-0.2, -0.15) is 0 Å². The summed E-state index contributed by atoms with van der Waals surface area (Å²) < 4.78 is 40.3. The average molecular weight is 382 g/mol. The number of thiazole rings is 1. The monoisotopic (exact) mass is 382 g/mol. The van der Waals surface area contributed by atoms with Gasteiger partial charge in [-0.3, -0.25) is 9.78 Å². The standard InChI is InChI=1S/C18H17F3N2O2S/c1-11-2-3-12(8-15(11)16-9-22-10-26-16)17(24)23-13-4-6-14(7-5-13)25-18(19,20)21/h3-7,9-11,15H,2,8H2,1H3,(H,23,24). The Kier molecular flexibility index (Phi) is 5.31. The first-order valence-corrected chi connectivity index (χ1v) is 8.94. The summed E-state index contributed by atoms with van der Waals surface area (Å²) in [6.07, 6.45) is 0.443. The Morgan fingerprint density at radius 3 is 2.65 bits per heavy atom. The van der Waals surface area contributed by atoms with Gasteiger partial charge in [0.2, 0.25) is 0 Å². The number of aromatic nitrogens is 1. The summed E-state index contributed by atoms with van der Waals surface area (Å²) >= 11 is 1.58. The number of hydrogen-bond acceptors (Lipinski definition) is 4. The van der Waals surface area contributed by atoms with E-state index in [-0.39, 0.29) is 17.6 Å². The number of benzene rings is 1. The lowest BCUT2D eigenvalue weighted by Crippen LogP contribution is -2.22. The second-order valence-electron chi connectivity index (χ2n) is 6.18. The van der Waals surface area contributed by atoms with Crippen LogP contribution in [-0.2, 0) is 4.79 Å². The molecule has 1 N–H and O–H groups in total. The number of halogens is 3. The van der Waals surface area contributed by atoms with Crippen molar-refractivity contribution in [3.63, 3.8) is 0 Å². The van der Waals surface area contributed by atoms with E-state index >= 15 is 0 Å². The van der Waals surface area contributed by atoms with E-state index in [1.54, 1.807) is 16.8 Å². The molecule has 3 rings (SSSR count). The molecule has 0 saturated heterocycles. The Balaban J connectivity index is 1.64. The van der Waals surface area contributed by atoms with E-state index in [1.807, 2.05) is 12.3 Å². The molecule has 2 unspecified atom stereocenters. The minimum Gasteiger partial charge on any atom is -0.406 e. The topological polar surface area (TPSA) is 51.2 Å². The predicted octanol–water partition coefficient (Wildman–Crippen LogP) is 5.12. The number of hydrogen-bond donors (Lipinski definition) is 1. The third-order valence-corrected chi connectivity index (χ3v) is 5.22. The van der Waals surface area contributed by atoms with E-state index in [0.29, 0.717) is 23.6 Å². The number of alkyl halides is 3. The van der Waals surface area contributed by atoms with Crippen LogP contribution in [-0.4, -0.2) is 17.3 Å². The van der Waals surface area contributed by atoms with Crippen LogP contribution in [0.5, 0.6) is 5.75 Å². The molecule has 1 aliphatic rings. The molecule has 0 spiro atoms. The molecular weight excluding hydrogens is 365 g/mol. The highest BCUT2D eigenvalue weighted by molar-refractivity contribution is 7.09. The van der Waals surface area contributed by atoms with Gasteiger partial charge in [0.15, 0.2) is 0 Å². The molecule has 1 aromatic carbocycles. The van der Waals surface area contributed by atoms with Crippen molar-refractivity contribution in [1.29, 1.82) is 0 Å². The largest absolute Gasteiger partial charge is 0.573 e. The van der Waals surface area contributed by atoms with Crippen molar-refractivity contribution in [2.24, 2.45) is 5.92 Å². The van der Waals surface area contributed by atoms with Crippen LogP contribution in [0.2, 0.25) is 0 Å². The zero-order valence-corrected chi connectivity index (χ0v) is 14.7. The highest BCUT2D eigenvalue weighted by atomic mass is 32.1. The van der Waals surface area contributed by atoms with E-state index in [1.165, 1.54) is 24.3 Å². The number of rotatable bonds is 4. The Morgan fingerprint density at radius 1 is 1.31 bits per heavy atom. The van der Waals surface area contributed by atoms with Gasteiger partial charge in [-0.05, 0) is 43.0 Å². The van der Waals surface area contributed by atoms with Gasteiger partial charge < -0.3 is 10.1 Å². The number of nitrogens with one attached hydrogen (secondary N) is 1. The smallest absolute Gasteiger partial charge is 0.406 e. The Bertz CT molecular complexity index is 786. The molecule has 0 fully saturated rings. The summed E-state index contributed by atoms with van der Waals surface area (Å²) in [4.78, 5) is 17.8. The quantitative estimate of drug-likeness (QED) is 0.798. The molecule has 0 radical (unpaired) electrons. The molecule has 2 atom stereocenters. The van der Waals surface area contributed by atoms with Gasteiger partial charge >= 0.3 is 6.36 Å². The molecule has 4 nitrogen and oxygen atoms in total. The molecule has 8 heteroatoms. The van der Waals surface area contributed by atoms with Crippen LogP contribution in [0.15, 0.2) is 47.6 Å². The average Bonchev–Trinajstić information content (AvgIpc) is 3.10. The number of ether oxygens (including phenoxy) is 1. The molecule has 0 aliphatic heterocycles. The third-order valence-electron chi connectivity index (χ3n) is 4.32. The first kappa shape index (κ1) is 18.4. The van der Waals surface area contributed by atoms with Crippen molar-refractivity contribution in [3.8, 4) is 5.75 Å². The maximum absolute atomic E-state index is 12.5. The fourth-order valence-electron chi connectivity index (χ4n) is 2.94. The summed E-state index contributed by atoms with van der Waals surface area (Å²) in [7, 11) is 0. The SMILES string of the molecule is CC1CC=C(C(=O)Nc2ccc(OC(F)(F)F)cc2)CC1c1cncs1. The van der Waals surface area contributed by atoms with Crippen molar-refractivity contribution < 1.29 is 22.7 Å². The van der Waals surface area contributed by atoms with Crippen molar-refractivity contribution in [1.82, 2.24) is 4.98 Å². The van der Waals surface area contributed by atoms with E-state index < -0.39 is 6.36 Å². The molecule has 1 aromatic heterocycles. The zero-order valence-electron chi connectivity index (χ0n) is 13.9. The Hall–Kier alpha value is -2.35. The number of nitrogens with zero attached hydrogens (tertiary/aromatic N) is 1. The summed E-state index contributed by atoms with van der Waals surface area (Å²) in [5.41, 5.74) is 2.88. The second kappa shape index (κ2) is 7.49. The van der Waals surface area contributed by atoms with Gasteiger partial charge in [-0.1, -0.05) is 13.0 Å². The summed E-state index contributed by atoms with van der Waals surface area (Å²) in [6.45, 7) is 2.15. The summed E-state index contributed by atoms with van der Waals surface area (Å²) in [5.74, 6) is 0.101. The van der Waals surface area contributed by atoms with Crippen LogP contribution < -0.4 is 10.1 Å². The Morgan fingerprint density at radius 2 is 2.04 bits per heavy atom. The van der Waals surface area contributed by atoms with Crippen LogP contribution >= 0.6 is 11.3 Å². The maximum atomic E-state index is 12.5. The molecule has 0 bridgehead atoms. The number of allylic oxidation sites excluding steroid dienone is 1. The molecule has 2 aromatic rings. The molecular formula is C18H17F3N2O2S. The molecule has 0 saturated carbocycles. The van der Waals surface area contributed by atoms with Gasteiger partial charge in [0.05, 0.1) is 5.51 Å². The van der Waals surface area contributed by atoms with Gasteiger partial charge in [-0.15, -0.1) is 24.5 Å². The van der Waals surface area contributed by atoms with Gasteiger partial charge in [0.1, 0.15) is 5.75 Å². The Labute approximate surface area is 152 Å². The van der Waals surface area contributed by atoms with Crippen molar-refractivity contribution in [3.05, 3.63) is 52.5 Å². The molecule has 26 heavy (non-hydrogen) atoms. The lowest BCUT2D eigenvalue weighted by Gasteiger charge is -2.27. The lowest BCUT2D eigenvalue weighted by molar-refractivity contribution is -0.274. The zero-order chi connectivity index (χ0) is 18.7. The second-order valence-corrected chi connectivity index (χ2v) is 7.10. The number of anilines is 1. The molecule has 1 amide bonds. The normalized spacial score (nSPS) is 20.4. The minimum absolute atomic E-state index is 0.240. The third kappa shape index (κ3) is 4.63. The first-order chi connectivity index (χ1) is 12.3. The number of amides is 1. The summed E-state index contributed by atoms with van der Waals surface area (Å²) in [6, 6.07) is 5.10. The minimum atomic E-state index is -4.74. The van der Waals surface area contributed by atoms with Gasteiger partial charge in [0, 0.05) is 28.3 Å². The van der Waals surface area contributed by atoms with Crippen molar-refractivity contribution >= 4 is 22.9 Å². The molecule has 1 aliphatic carbocycles. The fourth-order valence-corrected chi connectivity index (χ4v) is 3.80. The van der Waals surface area contributed by atoms with E-state index in [9.17, 15) is 18.0 Å². The first-order valence-electron chi connectivity index (χ1n) is 8.06. The van der Waals surface area contributed by atoms with Crippen LogP contribution in [0.4, 0.5) is 18.9 Å². The maximum Gasteiger partial charge on any atom is 0.573 e. The van der Waals surface area contributed by atoms with Gasteiger partial charge in [-0.25, -0.2) is 0 Å². The van der Waals surface area contributed by atoms with E-state index in [2.05, 4.69) is 22.0 Å².